The first-order chi connectivity index (χ1) is 11.2. The molecular weight excluding hydrogens is 318 g/mol. The standard InChI is InChI=1S/C14H9N5O3S/c20-13-9-4-1-2-5-10(9)15-17-18(13)8-19-14(21)22-12(16-19)11-6-3-7-23-11/h1-7H,8H2. The summed E-state index contributed by atoms with van der Waals surface area (Å²) in [6, 6.07) is 10.5. The number of aromatic nitrogens is 5. The van der Waals surface area contributed by atoms with Crippen LogP contribution in [0.5, 0.6) is 0 Å². The average Bonchev–Trinajstić information content (AvgIpc) is 3.21. The summed E-state index contributed by atoms with van der Waals surface area (Å²) in [6.45, 7) is -0.162. The van der Waals surface area contributed by atoms with Crippen molar-refractivity contribution in [3.05, 3.63) is 62.7 Å². The Morgan fingerprint density at radius 3 is 2.78 bits per heavy atom. The van der Waals surface area contributed by atoms with Crippen molar-refractivity contribution in [1.82, 2.24) is 24.8 Å². The highest BCUT2D eigenvalue weighted by Crippen LogP contribution is 2.20. The predicted molar refractivity (Wildman–Crippen MR) is 83.3 cm³/mol. The van der Waals surface area contributed by atoms with E-state index in [9.17, 15) is 9.59 Å². The molecule has 3 aromatic heterocycles. The molecule has 0 spiro atoms. The maximum Gasteiger partial charge on any atom is 0.439 e. The van der Waals surface area contributed by atoms with Gasteiger partial charge in [0.1, 0.15) is 12.2 Å². The van der Waals surface area contributed by atoms with Crippen molar-refractivity contribution in [3.63, 3.8) is 0 Å². The number of hydrogen-bond acceptors (Lipinski definition) is 7. The molecular formula is C14H9N5O3S. The van der Waals surface area contributed by atoms with Crippen LogP contribution in [0.25, 0.3) is 21.7 Å². The minimum atomic E-state index is -0.657. The van der Waals surface area contributed by atoms with E-state index in [2.05, 4.69) is 15.4 Å². The Balaban J connectivity index is 1.75. The fourth-order valence-corrected chi connectivity index (χ4v) is 2.78. The van der Waals surface area contributed by atoms with E-state index in [1.165, 1.54) is 11.3 Å². The lowest BCUT2D eigenvalue weighted by Gasteiger charge is -2.02. The van der Waals surface area contributed by atoms with Crippen LogP contribution in [0.2, 0.25) is 0 Å². The Bertz CT molecular complexity index is 1090. The molecule has 4 aromatic rings. The Labute approximate surface area is 132 Å². The fraction of sp³-hybridized carbons (Fsp3) is 0.0714. The second-order valence-electron chi connectivity index (χ2n) is 4.70. The van der Waals surface area contributed by atoms with Crippen LogP contribution in [-0.4, -0.2) is 24.8 Å². The third kappa shape index (κ3) is 2.36. The molecule has 0 fully saturated rings. The van der Waals surface area contributed by atoms with Gasteiger partial charge in [-0.1, -0.05) is 23.4 Å². The van der Waals surface area contributed by atoms with E-state index in [-0.39, 0.29) is 18.1 Å². The average molecular weight is 327 g/mol. The van der Waals surface area contributed by atoms with Gasteiger partial charge in [0.25, 0.3) is 11.4 Å². The number of thiophene rings is 1. The highest BCUT2D eigenvalue weighted by Gasteiger charge is 2.13. The number of fused-ring (bicyclic) bond motifs is 1. The van der Waals surface area contributed by atoms with E-state index in [1.807, 2.05) is 11.4 Å². The lowest BCUT2D eigenvalue weighted by atomic mass is 10.2. The molecule has 9 heteroatoms. The van der Waals surface area contributed by atoms with Crippen LogP contribution in [0, 0.1) is 0 Å². The summed E-state index contributed by atoms with van der Waals surface area (Å²) >= 11 is 1.40. The number of hydrogen-bond donors (Lipinski definition) is 0. The number of rotatable bonds is 3. The summed E-state index contributed by atoms with van der Waals surface area (Å²) in [7, 11) is 0. The molecule has 8 nitrogen and oxygen atoms in total. The smallest absolute Gasteiger partial charge is 0.387 e. The maximum absolute atomic E-state index is 12.4. The molecule has 0 saturated carbocycles. The van der Waals surface area contributed by atoms with E-state index in [4.69, 9.17) is 4.42 Å². The van der Waals surface area contributed by atoms with E-state index < -0.39 is 5.76 Å². The molecule has 114 valence electrons. The summed E-state index contributed by atoms with van der Waals surface area (Å²) in [5.41, 5.74) is 0.156. The van der Waals surface area contributed by atoms with Gasteiger partial charge in [0, 0.05) is 0 Å². The number of benzene rings is 1. The van der Waals surface area contributed by atoms with Gasteiger partial charge in [-0.15, -0.1) is 21.5 Å². The molecule has 0 saturated heterocycles. The first-order valence-electron chi connectivity index (χ1n) is 6.67. The molecule has 3 heterocycles. The van der Waals surface area contributed by atoms with Gasteiger partial charge in [-0.3, -0.25) is 4.79 Å². The molecule has 0 bridgehead atoms. The van der Waals surface area contributed by atoms with Crippen molar-refractivity contribution in [1.29, 1.82) is 0 Å². The Morgan fingerprint density at radius 1 is 1.09 bits per heavy atom. The molecule has 0 atom stereocenters. The largest absolute Gasteiger partial charge is 0.439 e. The summed E-state index contributed by atoms with van der Waals surface area (Å²) in [6.07, 6.45) is 0. The zero-order valence-corrected chi connectivity index (χ0v) is 12.4. The molecule has 4 rings (SSSR count). The van der Waals surface area contributed by atoms with Crippen molar-refractivity contribution in [2.24, 2.45) is 0 Å². The third-order valence-corrected chi connectivity index (χ3v) is 4.09. The highest BCUT2D eigenvalue weighted by molar-refractivity contribution is 7.13. The highest BCUT2D eigenvalue weighted by atomic mass is 32.1. The molecule has 1 aromatic carbocycles. The predicted octanol–water partition coefficient (Wildman–Crippen LogP) is 1.18. The van der Waals surface area contributed by atoms with Gasteiger partial charge in [0.2, 0.25) is 0 Å². The van der Waals surface area contributed by atoms with Crippen LogP contribution < -0.4 is 11.3 Å². The van der Waals surface area contributed by atoms with Crippen LogP contribution in [-0.2, 0) is 6.67 Å². The number of nitrogens with zero attached hydrogens (tertiary/aromatic N) is 5. The van der Waals surface area contributed by atoms with Crippen LogP contribution in [0.1, 0.15) is 0 Å². The van der Waals surface area contributed by atoms with Crippen LogP contribution in [0.15, 0.2) is 55.8 Å². The summed E-state index contributed by atoms with van der Waals surface area (Å²) < 4.78 is 7.22. The SMILES string of the molecule is O=c1oc(-c2cccs2)nn1Cn1nnc2ccccc2c1=O. The minimum absolute atomic E-state index is 0.162. The van der Waals surface area contributed by atoms with Crippen molar-refractivity contribution in [3.8, 4) is 10.8 Å². The van der Waals surface area contributed by atoms with E-state index in [1.54, 1.807) is 30.3 Å². The van der Waals surface area contributed by atoms with E-state index >= 15 is 0 Å². The second kappa shape index (κ2) is 5.29. The van der Waals surface area contributed by atoms with Crippen LogP contribution >= 0.6 is 11.3 Å². The maximum atomic E-state index is 12.4. The monoisotopic (exact) mass is 327 g/mol. The van der Waals surface area contributed by atoms with Gasteiger partial charge in [-0.25, -0.2) is 4.79 Å². The molecule has 0 aliphatic heterocycles. The first-order valence-corrected chi connectivity index (χ1v) is 7.55. The van der Waals surface area contributed by atoms with Gasteiger partial charge in [-0.2, -0.15) is 9.36 Å². The molecule has 23 heavy (non-hydrogen) atoms. The molecule has 0 N–H and O–H groups in total. The van der Waals surface area contributed by atoms with Crippen molar-refractivity contribution < 1.29 is 4.42 Å². The Morgan fingerprint density at radius 2 is 1.96 bits per heavy atom. The van der Waals surface area contributed by atoms with E-state index in [0.717, 1.165) is 14.2 Å². The van der Waals surface area contributed by atoms with Crippen molar-refractivity contribution in [2.75, 3.05) is 0 Å². The zero-order valence-electron chi connectivity index (χ0n) is 11.6. The zero-order chi connectivity index (χ0) is 15.8. The first kappa shape index (κ1) is 13.6. The van der Waals surface area contributed by atoms with Crippen molar-refractivity contribution >= 4 is 22.2 Å². The fourth-order valence-electron chi connectivity index (χ4n) is 2.14. The normalized spacial score (nSPS) is 11.1. The summed E-state index contributed by atoms with van der Waals surface area (Å²) in [4.78, 5) is 25.0. The lowest BCUT2D eigenvalue weighted by Crippen LogP contribution is -2.31. The van der Waals surface area contributed by atoms with Gasteiger partial charge < -0.3 is 4.42 Å². The summed E-state index contributed by atoms with van der Waals surface area (Å²) in [5, 5.41) is 14.2. The Kier molecular flexibility index (Phi) is 3.12. The molecule has 0 radical (unpaired) electrons. The lowest BCUT2D eigenvalue weighted by molar-refractivity contribution is 0.422. The van der Waals surface area contributed by atoms with Crippen molar-refractivity contribution in [2.45, 2.75) is 6.67 Å². The Hall–Kier alpha value is -3.07. The molecule has 0 amide bonds. The molecule has 0 unspecified atom stereocenters. The topological polar surface area (TPSA) is 95.8 Å². The van der Waals surface area contributed by atoms with Crippen LogP contribution in [0.3, 0.4) is 0 Å². The summed E-state index contributed by atoms with van der Waals surface area (Å²) in [5.74, 6) is -0.443. The van der Waals surface area contributed by atoms with Crippen LogP contribution in [0.4, 0.5) is 0 Å². The molecule has 0 aliphatic rings. The second-order valence-corrected chi connectivity index (χ2v) is 5.65. The quantitative estimate of drug-likeness (QED) is 0.560. The van der Waals surface area contributed by atoms with E-state index in [0.29, 0.717) is 10.9 Å². The minimum Gasteiger partial charge on any atom is -0.387 e. The molecule has 0 aliphatic carbocycles. The van der Waals surface area contributed by atoms with Gasteiger partial charge in [0.15, 0.2) is 0 Å². The van der Waals surface area contributed by atoms with Gasteiger partial charge >= 0.3 is 5.76 Å². The van der Waals surface area contributed by atoms with Gasteiger partial charge in [0.05, 0.1) is 10.3 Å². The third-order valence-electron chi connectivity index (χ3n) is 3.24. The van der Waals surface area contributed by atoms with Gasteiger partial charge in [-0.05, 0) is 23.6 Å².